The molecule has 0 unspecified atom stereocenters. The molecule has 0 spiro atoms. The van der Waals surface area contributed by atoms with Crippen molar-refractivity contribution in [3.8, 4) is 0 Å². The second-order valence-corrected chi connectivity index (χ2v) is 4.03. The minimum absolute atomic E-state index is 0.521. The number of aryl methyl sites for hydroxylation is 1. The van der Waals surface area contributed by atoms with Crippen molar-refractivity contribution >= 4 is 28.6 Å². The third-order valence-electron chi connectivity index (χ3n) is 2.25. The number of benzene rings is 1. The van der Waals surface area contributed by atoms with Crippen LogP contribution >= 0.6 is 12.0 Å². The summed E-state index contributed by atoms with van der Waals surface area (Å²) in [5.41, 5.74) is 6.80. The molecule has 6 heteroatoms. The van der Waals surface area contributed by atoms with E-state index >= 15 is 0 Å². The Morgan fingerprint density at radius 1 is 1.38 bits per heavy atom. The van der Waals surface area contributed by atoms with Gasteiger partial charge in [0.25, 0.3) is 0 Å². The van der Waals surface area contributed by atoms with E-state index in [1.165, 1.54) is 0 Å². The second-order valence-electron chi connectivity index (χ2n) is 3.28. The highest BCUT2D eigenvalue weighted by molar-refractivity contribution is 7.94. The van der Waals surface area contributed by atoms with Crippen molar-refractivity contribution < 1.29 is 9.32 Å². The molecule has 0 bridgehead atoms. The van der Waals surface area contributed by atoms with Crippen LogP contribution in [0.25, 0.3) is 10.8 Å². The molecule has 2 rings (SSSR count). The Labute approximate surface area is 96.8 Å². The van der Waals surface area contributed by atoms with Gasteiger partial charge in [0.15, 0.2) is 0 Å². The molecule has 0 aliphatic carbocycles. The Kier molecular flexibility index (Phi) is 3.25. The number of nitrogens with two attached hydrogens (primary N) is 2. The highest BCUT2D eigenvalue weighted by Gasteiger charge is 2.05. The predicted octanol–water partition coefficient (Wildman–Crippen LogP) is 1.95. The first-order valence-electron chi connectivity index (χ1n) is 4.57. The molecule has 1 aromatic carbocycles. The highest BCUT2D eigenvalue weighted by atomic mass is 32.2. The average molecular weight is 237 g/mol. The number of hydrogen-bond acceptors (Lipinski definition) is 6. The fraction of sp³-hybridized carbons (Fsp3) is 0.100. The molecule has 0 radical (unpaired) electrons. The van der Waals surface area contributed by atoms with Gasteiger partial charge < -0.3 is 5.73 Å². The van der Waals surface area contributed by atoms with Gasteiger partial charge in [-0.3, -0.25) is 0 Å². The maximum Gasteiger partial charge on any atom is 0.131 e. The third-order valence-corrected chi connectivity index (χ3v) is 3.02. The summed E-state index contributed by atoms with van der Waals surface area (Å²) >= 11 is 1.06. The summed E-state index contributed by atoms with van der Waals surface area (Å²) in [7, 11) is 0. The smallest absolute Gasteiger partial charge is 0.131 e. The Hall–Kier alpha value is -1.34. The molecule has 84 valence electrons. The Morgan fingerprint density at radius 2 is 2.19 bits per heavy atom. The molecular weight excluding hydrogens is 226 g/mol. The van der Waals surface area contributed by atoms with Crippen molar-refractivity contribution in [2.45, 2.75) is 11.8 Å². The maximum absolute atomic E-state index is 5.78. The van der Waals surface area contributed by atoms with E-state index in [1.54, 1.807) is 6.20 Å². The summed E-state index contributed by atoms with van der Waals surface area (Å²) in [6.45, 7) is 1.95. The number of rotatable bonds is 3. The van der Waals surface area contributed by atoms with Crippen molar-refractivity contribution in [1.29, 1.82) is 0 Å². The first kappa shape index (κ1) is 11.2. The van der Waals surface area contributed by atoms with Gasteiger partial charge in [-0.25, -0.2) is 4.98 Å². The van der Waals surface area contributed by atoms with Gasteiger partial charge >= 0.3 is 0 Å². The van der Waals surface area contributed by atoms with E-state index in [-0.39, 0.29) is 0 Å². The molecule has 0 amide bonds. The fourth-order valence-electron chi connectivity index (χ4n) is 1.48. The number of pyridine rings is 1. The van der Waals surface area contributed by atoms with Crippen LogP contribution in [-0.2, 0) is 9.32 Å². The number of anilines is 1. The van der Waals surface area contributed by atoms with Gasteiger partial charge in [-0.15, -0.1) is 9.32 Å². The van der Waals surface area contributed by atoms with Crippen LogP contribution in [-0.4, -0.2) is 4.98 Å². The zero-order valence-corrected chi connectivity index (χ0v) is 9.45. The molecule has 0 atom stereocenters. The lowest BCUT2D eigenvalue weighted by Crippen LogP contribution is -1.95. The zero-order valence-electron chi connectivity index (χ0n) is 8.64. The van der Waals surface area contributed by atoms with Gasteiger partial charge in [0, 0.05) is 16.5 Å². The molecule has 4 N–H and O–H groups in total. The third kappa shape index (κ3) is 2.10. The molecule has 0 fully saturated rings. The molecule has 1 aromatic heterocycles. The van der Waals surface area contributed by atoms with Crippen molar-refractivity contribution in [3.63, 3.8) is 0 Å². The molecule has 5 nitrogen and oxygen atoms in total. The lowest BCUT2D eigenvalue weighted by Gasteiger charge is -2.07. The Morgan fingerprint density at radius 3 is 2.94 bits per heavy atom. The first-order chi connectivity index (χ1) is 7.72. The van der Waals surface area contributed by atoms with Crippen molar-refractivity contribution in [3.05, 3.63) is 30.0 Å². The van der Waals surface area contributed by atoms with Crippen LogP contribution in [0.4, 0.5) is 5.82 Å². The topological polar surface area (TPSA) is 83.4 Å². The quantitative estimate of drug-likeness (QED) is 0.482. The molecule has 1 heterocycles. The average Bonchev–Trinajstić information content (AvgIpc) is 2.28. The Bertz CT molecular complexity index is 519. The van der Waals surface area contributed by atoms with E-state index in [1.807, 2.05) is 25.1 Å². The predicted molar refractivity (Wildman–Crippen MR) is 63.1 cm³/mol. The minimum atomic E-state index is 0.521. The largest absolute Gasteiger partial charge is 0.383 e. The fourth-order valence-corrected chi connectivity index (χ4v) is 1.96. The monoisotopic (exact) mass is 237 g/mol. The summed E-state index contributed by atoms with van der Waals surface area (Å²) in [4.78, 5) is 9.02. The molecular formula is C10H11N3O2S. The van der Waals surface area contributed by atoms with Gasteiger partial charge in [-0.2, -0.15) is 5.90 Å². The number of hydrogen-bond donors (Lipinski definition) is 2. The molecule has 0 aliphatic heterocycles. The lowest BCUT2D eigenvalue weighted by molar-refractivity contribution is -0.195. The highest BCUT2D eigenvalue weighted by Crippen LogP contribution is 2.29. The number of fused-ring (bicyclic) bond motifs is 1. The van der Waals surface area contributed by atoms with Crippen molar-refractivity contribution in [2.24, 2.45) is 5.90 Å². The molecule has 16 heavy (non-hydrogen) atoms. The SMILES string of the molecule is Cc1cc2c(N)nccc2cc1SOON. The second kappa shape index (κ2) is 4.67. The summed E-state index contributed by atoms with van der Waals surface area (Å²) in [6.07, 6.45) is 1.67. The first-order valence-corrected chi connectivity index (χ1v) is 5.31. The van der Waals surface area contributed by atoms with Crippen molar-refractivity contribution in [1.82, 2.24) is 4.98 Å². The van der Waals surface area contributed by atoms with Crippen molar-refractivity contribution in [2.75, 3.05) is 5.73 Å². The molecule has 2 aromatic rings. The van der Waals surface area contributed by atoms with Gasteiger partial charge in [-0.05, 0) is 36.1 Å². The van der Waals surface area contributed by atoms with E-state index < -0.39 is 0 Å². The summed E-state index contributed by atoms with van der Waals surface area (Å²) in [6, 6.07) is 5.80. The Balaban J connectivity index is 2.50. The summed E-state index contributed by atoms with van der Waals surface area (Å²) < 4.78 is 4.63. The van der Waals surface area contributed by atoms with E-state index in [2.05, 4.69) is 14.3 Å². The molecule has 0 saturated carbocycles. The van der Waals surface area contributed by atoms with Gasteiger partial charge in [0.2, 0.25) is 0 Å². The van der Waals surface area contributed by atoms with E-state index in [0.717, 1.165) is 33.3 Å². The molecule has 0 aliphatic rings. The van der Waals surface area contributed by atoms with E-state index in [4.69, 9.17) is 11.6 Å². The summed E-state index contributed by atoms with van der Waals surface area (Å²) in [5, 5.41) is 1.93. The zero-order chi connectivity index (χ0) is 11.5. The van der Waals surface area contributed by atoms with Gasteiger partial charge in [0.05, 0.1) is 12.0 Å². The van der Waals surface area contributed by atoms with Gasteiger partial charge in [0.1, 0.15) is 5.82 Å². The number of nitrogen functional groups attached to an aromatic ring is 1. The van der Waals surface area contributed by atoms with E-state index in [9.17, 15) is 0 Å². The maximum atomic E-state index is 5.78. The number of aromatic nitrogens is 1. The van der Waals surface area contributed by atoms with Gasteiger partial charge in [-0.1, -0.05) is 0 Å². The number of nitrogens with zero attached hydrogens (tertiary/aromatic N) is 1. The van der Waals surface area contributed by atoms with Crippen LogP contribution in [0, 0.1) is 6.92 Å². The molecule has 0 saturated heterocycles. The van der Waals surface area contributed by atoms with Crippen LogP contribution in [0.1, 0.15) is 5.56 Å². The van der Waals surface area contributed by atoms with Crippen LogP contribution < -0.4 is 11.6 Å². The normalized spacial score (nSPS) is 10.9. The lowest BCUT2D eigenvalue weighted by atomic mass is 10.1. The van der Waals surface area contributed by atoms with Crippen LogP contribution in [0.2, 0.25) is 0 Å². The van der Waals surface area contributed by atoms with E-state index in [0.29, 0.717) is 5.82 Å². The van der Waals surface area contributed by atoms with Crippen LogP contribution in [0.5, 0.6) is 0 Å². The minimum Gasteiger partial charge on any atom is -0.383 e. The van der Waals surface area contributed by atoms with Crippen LogP contribution in [0.15, 0.2) is 29.3 Å². The standard InChI is InChI=1S/C10H11N3O2S/c1-6-4-8-7(2-3-13-10(8)11)5-9(6)16-15-14-12/h2-5H,12H2,1H3,(H2,11,13). The van der Waals surface area contributed by atoms with Crippen LogP contribution in [0.3, 0.4) is 0 Å². The summed E-state index contributed by atoms with van der Waals surface area (Å²) in [5.74, 6) is 5.31.